The Balaban J connectivity index is 2.27. The van der Waals surface area contributed by atoms with Crippen LogP contribution in [0.4, 0.5) is 0 Å². The molecule has 0 unspecified atom stereocenters. The zero-order valence-corrected chi connectivity index (χ0v) is 4.40. The van der Waals surface area contributed by atoms with E-state index in [0.717, 1.165) is 13.0 Å². The monoisotopic (exact) mass is 99.1 g/mol. The van der Waals surface area contributed by atoms with Gasteiger partial charge in [0.25, 0.3) is 0 Å². The van der Waals surface area contributed by atoms with E-state index in [-0.39, 0.29) is 11.8 Å². The molecule has 0 amide bonds. The van der Waals surface area contributed by atoms with Gasteiger partial charge < -0.3 is 5.32 Å². The molecule has 7 heavy (non-hydrogen) atoms. The lowest BCUT2D eigenvalue weighted by Gasteiger charge is -2.24. The van der Waals surface area contributed by atoms with E-state index >= 15 is 0 Å². The number of hydrogen-bond acceptors (Lipinski definition) is 2. The molecule has 0 bridgehead atoms. The molecular weight excluding hydrogens is 90.1 g/mol. The smallest absolute Gasteiger partial charge is 0.146 e. The highest BCUT2D eigenvalue weighted by atomic mass is 16.1. The molecule has 1 N–H and O–H groups in total. The van der Waals surface area contributed by atoms with Gasteiger partial charge in [-0.2, -0.15) is 0 Å². The Morgan fingerprint density at radius 2 is 2.43 bits per heavy atom. The van der Waals surface area contributed by atoms with Crippen molar-refractivity contribution in [2.45, 2.75) is 19.4 Å². The molecule has 0 aliphatic carbocycles. The Bertz CT molecular complexity index is 86.1. The van der Waals surface area contributed by atoms with Crippen molar-refractivity contribution in [3.8, 4) is 0 Å². The van der Waals surface area contributed by atoms with Crippen molar-refractivity contribution in [1.82, 2.24) is 5.32 Å². The number of carbonyl (C=O) groups is 1. The molecule has 0 aromatic heterocycles. The fraction of sp³-hybridized carbons (Fsp3) is 0.800. The van der Waals surface area contributed by atoms with E-state index < -0.39 is 0 Å². The van der Waals surface area contributed by atoms with Crippen LogP contribution in [0, 0.1) is 0 Å². The predicted molar refractivity (Wildman–Crippen MR) is 27.1 cm³/mol. The van der Waals surface area contributed by atoms with Crippen LogP contribution < -0.4 is 5.32 Å². The summed E-state index contributed by atoms with van der Waals surface area (Å²) in [5.41, 5.74) is 0. The van der Waals surface area contributed by atoms with E-state index in [2.05, 4.69) is 5.32 Å². The van der Waals surface area contributed by atoms with Crippen molar-refractivity contribution >= 4 is 5.78 Å². The maximum Gasteiger partial charge on any atom is 0.146 e. The number of carbonyl (C=O) groups excluding carboxylic acids is 1. The zero-order valence-electron chi connectivity index (χ0n) is 4.40. The van der Waals surface area contributed by atoms with E-state index in [1.54, 1.807) is 6.92 Å². The average Bonchev–Trinajstić information content (AvgIpc) is 1.23. The molecule has 2 nitrogen and oxygen atoms in total. The summed E-state index contributed by atoms with van der Waals surface area (Å²) >= 11 is 0. The average molecular weight is 99.1 g/mol. The lowest BCUT2D eigenvalue weighted by Crippen LogP contribution is -2.47. The first kappa shape index (κ1) is 4.78. The van der Waals surface area contributed by atoms with Gasteiger partial charge in [0.1, 0.15) is 5.78 Å². The molecule has 1 aliphatic heterocycles. The molecule has 0 aromatic rings. The first-order valence-corrected chi connectivity index (χ1v) is 2.54. The molecule has 0 radical (unpaired) electrons. The number of ketones is 1. The molecule has 1 atom stereocenters. The number of nitrogens with one attached hydrogen (secondary N) is 1. The van der Waals surface area contributed by atoms with Crippen molar-refractivity contribution in [1.29, 1.82) is 0 Å². The molecule has 1 fully saturated rings. The molecule has 1 aliphatic rings. The molecule has 0 spiro atoms. The van der Waals surface area contributed by atoms with Crippen LogP contribution in [0.1, 0.15) is 13.3 Å². The third-order valence-electron chi connectivity index (χ3n) is 1.31. The van der Waals surface area contributed by atoms with Crippen LogP contribution in [0.25, 0.3) is 0 Å². The van der Waals surface area contributed by atoms with Crippen LogP contribution in [-0.4, -0.2) is 18.4 Å². The molecular formula is C5H9NO. The zero-order chi connectivity index (χ0) is 5.28. The topological polar surface area (TPSA) is 29.1 Å². The number of rotatable bonds is 1. The summed E-state index contributed by atoms with van der Waals surface area (Å²) in [4.78, 5) is 10.4. The van der Waals surface area contributed by atoms with Gasteiger partial charge in [-0.15, -0.1) is 0 Å². The normalized spacial score (nSPS) is 29.0. The van der Waals surface area contributed by atoms with Gasteiger partial charge in [-0.1, -0.05) is 0 Å². The first-order valence-electron chi connectivity index (χ1n) is 2.54. The fourth-order valence-corrected chi connectivity index (χ4v) is 0.636. The van der Waals surface area contributed by atoms with E-state index in [1.165, 1.54) is 0 Å². The molecule has 1 saturated heterocycles. The van der Waals surface area contributed by atoms with Gasteiger partial charge in [-0.3, -0.25) is 4.79 Å². The summed E-state index contributed by atoms with van der Waals surface area (Å²) in [6.07, 6.45) is 1.04. The van der Waals surface area contributed by atoms with Crippen LogP contribution in [-0.2, 0) is 4.79 Å². The number of Topliss-reactive ketones (excluding diaryl/α,β-unsaturated/α-hetero) is 1. The van der Waals surface area contributed by atoms with Crippen molar-refractivity contribution < 1.29 is 4.79 Å². The van der Waals surface area contributed by atoms with Crippen LogP contribution >= 0.6 is 0 Å². The Morgan fingerprint density at radius 1 is 1.86 bits per heavy atom. The summed E-state index contributed by atoms with van der Waals surface area (Å²) in [6, 6.07) is 0.194. The van der Waals surface area contributed by atoms with Gasteiger partial charge in [-0.05, 0) is 19.9 Å². The highest BCUT2D eigenvalue weighted by Gasteiger charge is 2.19. The summed E-state index contributed by atoms with van der Waals surface area (Å²) in [7, 11) is 0. The fourth-order valence-electron chi connectivity index (χ4n) is 0.636. The second kappa shape index (κ2) is 1.62. The molecule has 2 heteroatoms. The lowest BCUT2D eigenvalue weighted by atomic mass is 10.0. The van der Waals surface area contributed by atoms with E-state index in [0.29, 0.717) is 0 Å². The Labute approximate surface area is 42.9 Å². The summed E-state index contributed by atoms with van der Waals surface area (Å²) in [6.45, 7) is 2.64. The minimum atomic E-state index is 0.194. The highest BCUT2D eigenvalue weighted by Crippen LogP contribution is 2.00. The Morgan fingerprint density at radius 3 is 2.43 bits per heavy atom. The Kier molecular flexibility index (Phi) is 1.11. The second-order valence-corrected chi connectivity index (χ2v) is 1.91. The van der Waals surface area contributed by atoms with Crippen LogP contribution in [0.15, 0.2) is 0 Å². The first-order chi connectivity index (χ1) is 3.30. The lowest BCUT2D eigenvalue weighted by molar-refractivity contribution is -0.120. The third-order valence-corrected chi connectivity index (χ3v) is 1.31. The van der Waals surface area contributed by atoms with Crippen molar-refractivity contribution in [2.75, 3.05) is 6.54 Å². The quantitative estimate of drug-likeness (QED) is 0.499. The van der Waals surface area contributed by atoms with Crippen molar-refractivity contribution in [3.05, 3.63) is 0 Å². The van der Waals surface area contributed by atoms with Crippen molar-refractivity contribution in [2.24, 2.45) is 0 Å². The van der Waals surface area contributed by atoms with Crippen molar-refractivity contribution in [3.63, 3.8) is 0 Å². The molecule has 40 valence electrons. The van der Waals surface area contributed by atoms with E-state index in [4.69, 9.17) is 0 Å². The molecule has 0 aromatic carbocycles. The maximum atomic E-state index is 10.4. The van der Waals surface area contributed by atoms with E-state index in [1.807, 2.05) is 0 Å². The minimum Gasteiger partial charge on any atom is -0.307 e. The van der Waals surface area contributed by atoms with Gasteiger partial charge in [0, 0.05) is 0 Å². The molecule has 1 heterocycles. The Hall–Kier alpha value is -0.370. The maximum absolute atomic E-state index is 10.4. The van der Waals surface area contributed by atoms with Gasteiger partial charge in [0.15, 0.2) is 0 Å². The highest BCUT2D eigenvalue weighted by molar-refractivity contribution is 5.82. The van der Waals surface area contributed by atoms with E-state index in [9.17, 15) is 4.79 Å². The summed E-state index contributed by atoms with van der Waals surface area (Å²) in [5, 5.41) is 3.00. The minimum absolute atomic E-state index is 0.194. The van der Waals surface area contributed by atoms with Gasteiger partial charge in [0.05, 0.1) is 6.04 Å². The van der Waals surface area contributed by atoms with Gasteiger partial charge in [0.2, 0.25) is 0 Å². The van der Waals surface area contributed by atoms with Crippen LogP contribution in [0.3, 0.4) is 0 Å². The second-order valence-electron chi connectivity index (χ2n) is 1.91. The largest absolute Gasteiger partial charge is 0.307 e. The standard InChI is InChI=1S/C5H9NO/c1-4(7)5-2-3-6-5/h5-6H,2-3H2,1H3/t5-/m0/s1. The third kappa shape index (κ3) is 0.800. The van der Waals surface area contributed by atoms with Gasteiger partial charge in [-0.25, -0.2) is 0 Å². The SMILES string of the molecule is CC(=O)[C@@H]1CCN1. The summed E-state index contributed by atoms with van der Waals surface area (Å²) in [5.74, 6) is 0.270. The predicted octanol–water partition coefficient (Wildman–Crippen LogP) is -0.0627. The molecule has 0 saturated carbocycles. The number of hydrogen-bond donors (Lipinski definition) is 1. The molecule has 1 rings (SSSR count). The summed E-state index contributed by atoms with van der Waals surface area (Å²) < 4.78 is 0. The van der Waals surface area contributed by atoms with Gasteiger partial charge >= 0.3 is 0 Å². The van der Waals surface area contributed by atoms with Crippen LogP contribution in [0.5, 0.6) is 0 Å². The van der Waals surface area contributed by atoms with Crippen LogP contribution in [0.2, 0.25) is 0 Å².